The Kier molecular flexibility index (Phi) is 4.51. The van der Waals surface area contributed by atoms with E-state index in [4.69, 9.17) is 4.74 Å². The first-order chi connectivity index (χ1) is 11.6. The number of hydrogen-bond acceptors (Lipinski definition) is 5. The van der Waals surface area contributed by atoms with Crippen LogP contribution in [0.15, 0.2) is 48.8 Å². The summed E-state index contributed by atoms with van der Waals surface area (Å²) in [7, 11) is 0. The van der Waals surface area contributed by atoms with Crippen molar-refractivity contribution < 1.29 is 9.53 Å². The zero-order valence-corrected chi connectivity index (χ0v) is 13.4. The van der Waals surface area contributed by atoms with E-state index in [2.05, 4.69) is 20.4 Å². The van der Waals surface area contributed by atoms with Gasteiger partial charge in [0.2, 0.25) is 5.88 Å². The molecule has 3 rings (SSSR count). The lowest BCUT2D eigenvalue weighted by Crippen LogP contribution is -2.20. The highest BCUT2D eigenvalue weighted by atomic mass is 16.5. The van der Waals surface area contributed by atoms with Crippen LogP contribution in [-0.2, 0) is 4.79 Å². The number of rotatable bonds is 5. The molecule has 3 aromatic rings. The normalized spacial score (nSPS) is 10.4. The van der Waals surface area contributed by atoms with Gasteiger partial charge in [-0.05, 0) is 37.6 Å². The van der Waals surface area contributed by atoms with Crippen molar-refractivity contribution in [2.75, 3.05) is 11.9 Å². The monoisotopic (exact) mass is 323 g/mol. The Labute approximate surface area is 139 Å². The highest BCUT2D eigenvalue weighted by Crippen LogP contribution is 2.13. The van der Waals surface area contributed by atoms with Gasteiger partial charge in [-0.3, -0.25) is 4.79 Å². The lowest BCUT2D eigenvalue weighted by atomic mass is 10.2. The van der Waals surface area contributed by atoms with Gasteiger partial charge in [0.1, 0.15) is 5.82 Å². The van der Waals surface area contributed by atoms with Gasteiger partial charge in [-0.25, -0.2) is 9.67 Å². The van der Waals surface area contributed by atoms with Crippen molar-refractivity contribution in [2.24, 2.45) is 0 Å². The summed E-state index contributed by atoms with van der Waals surface area (Å²) in [6.07, 6.45) is 3.43. The number of aryl methyl sites for hydroxylation is 2. The van der Waals surface area contributed by atoms with Gasteiger partial charge in [0.25, 0.3) is 5.91 Å². The number of amides is 1. The van der Waals surface area contributed by atoms with E-state index < -0.39 is 0 Å². The molecule has 122 valence electrons. The minimum Gasteiger partial charge on any atom is -0.467 e. The van der Waals surface area contributed by atoms with E-state index in [-0.39, 0.29) is 12.5 Å². The molecule has 1 aromatic carbocycles. The summed E-state index contributed by atoms with van der Waals surface area (Å²) in [5.41, 5.74) is 1.81. The fraction of sp³-hybridized carbons (Fsp3) is 0.176. The van der Waals surface area contributed by atoms with Gasteiger partial charge < -0.3 is 10.1 Å². The van der Waals surface area contributed by atoms with Gasteiger partial charge in [-0.2, -0.15) is 10.1 Å². The maximum atomic E-state index is 12.0. The molecule has 1 N–H and O–H groups in total. The van der Waals surface area contributed by atoms with Gasteiger partial charge in [-0.15, -0.1) is 0 Å². The lowest BCUT2D eigenvalue weighted by Gasteiger charge is -2.09. The second kappa shape index (κ2) is 6.91. The van der Waals surface area contributed by atoms with Crippen molar-refractivity contribution in [1.82, 2.24) is 19.7 Å². The van der Waals surface area contributed by atoms with Crippen LogP contribution in [-0.4, -0.2) is 32.3 Å². The second-order valence-corrected chi connectivity index (χ2v) is 5.27. The maximum absolute atomic E-state index is 12.0. The Morgan fingerprint density at radius 3 is 2.83 bits per heavy atom. The van der Waals surface area contributed by atoms with Crippen molar-refractivity contribution in [3.63, 3.8) is 0 Å². The van der Waals surface area contributed by atoms with E-state index >= 15 is 0 Å². The minimum atomic E-state index is -0.252. The van der Waals surface area contributed by atoms with Gasteiger partial charge >= 0.3 is 0 Å². The number of nitrogens with one attached hydrogen (secondary N) is 1. The maximum Gasteiger partial charge on any atom is 0.262 e. The third kappa shape index (κ3) is 3.95. The average Bonchev–Trinajstić information content (AvgIpc) is 3.07. The van der Waals surface area contributed by atoms with Crippen LogP contribution in [0.25, 0.3) is 5.82 Å². The smallest absolute Gasteiger partial charge is 0.262 e. The Bertz CT molecular complexity index is 846. The zero-order valence-electron chi connectivity index (χ0n) is 13.4. The van der Waals surface area contributed by atoms with Crippen LogP contribution in [0, 0.1) is 13.8 Å². The molecule has 24 heavy (non-hydrogen) atoms. The van der Waals surface area contributed by atoms with E-state index in [9.17, 15) is 4.79 Å². The van der Waals surface area contributed by atoms with Crippen LogP contribution in [0.1, 0.15) is 11.4 Å². The number of nitrogens with zero attached hydrogens (tertiary/aromatic N) is 4. The summed E-state index contributed by atoms with van der Waals surface area (Å²) >= 11 is 0. The molecule has 0 fully saturated rings. The summed E-state index contributed by atoms with van der Waals surface area (Å²) in [6, 6.07) is 11.0. The van der Waals surface area contributed by atoms with Gasteiger partial charge in [0, 0.05) is 24.1 Å². The number of aromatic nitrogens is 4. The molecule has 0 radical (unpaired) electrons. The number of benzene rings is 1. The average molecular weight is 323 g/mol. The van der Waals surface area contributed by atoms with Crippen LogP contribution >= 0.6 is 0 Å². The van der Waals surface area contributed by atoms with Crippen molar-refractivity contribution in [2.45, 2.75) is 13.8 Å². The first-order valence-corrected chi connectivity index (χ1v) is 7.45. The van der Waals surface area contributed by atoms with E-state index in [1.165, 1.54) is 0 Å². The molecule has 0 bridgehead atoms. The lowest BCUT2D eigenvalue weighted by molar-refractivity contribution is -0.118. The van der Waals surface area contributed by atoms with Crippen LogP contribution in [0.4, 0.5) is 5.69 Å². The largest absolute Gasteiger partial charge is 0.467 e. The molecular formula is C17H17N5O2. The van der Waals surface area contributed by atoms with Gasteiger partial charge in [0.05, 0.1) is 0 Å². The fourth-order valence-corrected chi connectivity index (χ4v) is 2.18. The van der Waals surface area contributed by atoms with Crippen LogP contribution < -0.4 is 10.1 Å². The van der Waals surface area contributed by atoms with E-state index in [0.29, 0.717) is 17.5 Å². The molecule has 0 saturated heterocycles. The molecular weight excluding hydrogens is 306 g/mol. The molecule has 1 amide bonds. The number of carbonyl (C=O) groups excluding carboxylic acids is 1. The van der Waals surface area contributed by atoms with Crippen molar-refractivity contribution in [3.05, 3.63) is 60.2 Å². The summed E-state index contributed by atoms with van der Waals surface area (Å²) < 4.78 is 7.09. The summed E-state index contributed by atoms with van der Waals surface area (Å²) in [4.78, 5) is 20.5. The van der Waals surface area contributed by atoms with Gasteiger partial charge in [-0.1, -0.05) is 12.1 Å². The molecule has 2 heterocycles. The SMILES string of the molecule is Cc1cccc(NC(=O)COc2cc(-n3cccn3)nc(C)n2)c1. The van der Waals surface area contributed by atoms with Crippen molar-refractivity contribution in [3.8, 4) is 11.7 Å². The molecule has 0 saturated carbocycles. The van der Waals surface area contributed by atoms with E-state index in [1.807, 2.05) is 31.2 Å². The first kappa shape index (κ1) is 15.7. The Hall–Kier alpha value is -3.22. The highest BCUT2D eigenvalue weighted by Gasteiger charge is 2.08. The molecule has 0 aliphatic rings. The third-order valence-electron chi connectivity index (χ3n) is 3.19. The Morgan fingerprint density at radius 2 is 2.08 bits per heavy atom. The summed E-state index contributed by atoms with van der Waals surface area (Å²) in [5, 5.41) is 6.90. The highest BCUT2D eigenvalue weighted by molar-refractivity contribution is 5.91. The molecule has 2 aromatic heterocycles. The standard InChI is InChI=1S/C17H17N5O2/c1-12-5-3-6-14(9-12)21-16(23)11-24-17-10-15(19-13(2)20-17)22-8-4-7-18-22/h3-10H,11H2,1-2H3,(H,21,23). The molecule has 0 aliphatic heterocycles. The van der Waals surface area contributed by atoms with Crippen LogP contribution in [0.2, 0.25) is 0 Å². The first-order valence-electron chi connectivity index (χ1n) is 7.45. The Morgan fingerprint density at radius 1 is 1.21 bits per heavy atom. The quantitative estimate of drug-likeness (QED) is 0.779. The fourth-order valence-electron chi connectivity index (χ4n) is 2.18. The van der Waals surface area contributed by atoms with E-state index in [1.54, 1.807) is 36.1 Å². The predicted molar refractivity (Wildman–Crippen MR) is 89.2 cm³/mol. The molecule has 0 unspecified atom stereocenters. The number of anilines is 1. The molecule has 0 spiro atoms. The zero-order chi connectivity index (χ0) is 16.9. The molecule has 0 aliphatic carbocycles. The van der Waals surface area contributed by atoms with Gasteiger partial charge in [0.15, 0.2) is 12.4 Å². The van der Waals surface area contributed by atoms with Crippen molar-refractivity contribution in [1.29, 1.82) is 0 Å². The third-order valence-corrected chi connectivity index (χ3v) is 3.19. The molecule has 7 heteroatoms. The number of ether oxygens (including phenoxy) is 1. The van der Waals surface area contributed by atoms with Crippen LogP contribution in [0.3, 0.4) is 0 Å². The summed E-state index contributed by atoms with van der Waals surface area (Å²) in [6.45, 7) is 3.59. The minimum absolute atomic E-state index is 0.136. The molecule has 7 nitrogen and oxygen atoms in total. The predicted octanol–water partition coefficient (Wildman–Crippen LogP) is 2.30. The van der Waals surface area contributed by atoms with Crippen LogP contribution in [0.5, 0.6) is 5.88 Å². The van der Waals surface area contributed by atoms with Crippen molar-refractivity contribution >= 4 is 11.6 Å². The second-order valence-electron chi connectivity index (χ2n) is 5.27. The Balaban J connectivity index is 1.65. The number of hydrogen-bond donors (Lipinski definition) is 1. The summed E-state index contributed by atoms with van der Waals surface area (Å²) in [5.74, 6) is 1.20. The number of carbonyl (C=O) groups is 1. The van der Waals surface area contributed by atoms with E-state index in [0.717, 1.165) is 11.3 Å². The topological polar surface area (TPSA) is 81.9 Å². The molecule has 0 atom stereocenters.